The van der Waals surface area contributed by atoms with E-state index in [4.69, 9.17) is 4.74 Å². The Morgan fingerprint density at radius 3 is 2.71 bits per heavy atom. The van der Waals surface area contributed by atoms with Gasteiger partial charge in [-0.25, -0.2) is 4.79 Å². The maximum atomic E-state index is 13.0. The van der Waals surface area contributed by atoms with Gasteiger partial charge in [0.2, 0.25) is 6.29 Å². The first-order valence-corrected chi connectivity index (χ1v) is 10.6. The predicted octanol–water partition coefficient (Wildman–Crippen LogP) is 4.88. The van der Waals surface area contributed by atoms with Crippen LogP contribution in [0.3, 0.4) is 0 Å². The fourth-order valence-corrected chi connectivity index (χ4v) is 5.53. The molecule has 5 atom stereocenters. The highest BCUT2D eigenvalue weighted by Crippen LogP contribution is 2.59. The number of hydrogen-bond acceptors (Lipinski definition) is 4. The Balaban J connectivity index is 1.86. The zero-order valence-electron chi connectivity index (χ0n) is 17.7. The Hall–Kier alpha value is -1.68. The molecule has 154 valence electrons. The van der Waals surface area contributed by atoms with E-state index in [0.717, 1.165) is 38.2 Å². The molecule has 4 heteroatoms. The summed E-state index contributed by atoms with van der Waals surface area (Å²) >= 11 is 0. The van der Waals surface area contributed by atoms with E-state index in [1.807, 2.05) is 0 Å². The van der Waals surface area contributed by atoms with Gasteiger partial charge in [-0.2, -0.15) is 0 Å². The second kappa shape index (κ2) is 7.62. The minimum atomic E-state index is -1.41. The van der Waals surface area contributed by atoms with Crippen molar-refractivity contribution in [3.05, 3.63) is 35.5 Å². The molecule has 1 aliphatic heterocycles. The number of allylic oxidation sites excluding steroid dienone is 3. The number of hydrogen-bond donors (Lipinski definition) is 1. The average Bonchev–Trinajstić information content (AvgIpc) is 2.96. The minimum absolute atomic E-state index is 0.107. The zero-order valence-corrected chi connectivity index (χ0v) is 17.7. The Labute approximate surface area is 168 Å². The van der Waals surface area contributed by atoms with E-state index < -0.39 is 12.3 Å². The van der Waals surface area contributed by atoms with Gasteiger partial charge in [0.15, 0.2) is 5.78 Å². The summed E-state index contributed by atoms with van der Waals surface area (Å²) in [5.41, 5.74) is 2.82. The SMILES string of the molecule is C=C(C)CC[C@]1(C)CCC[C@@H]2C1=CC[C@@H](C)[C@]2(C)CC(=O)C1=CC(=O)OC1O. The van der Waals surface area contributed by atoms with Gasteiger partial charge in [0.05, 0.1) is 5.57 Å². The third kappa shape index (κ3) is 3.76. The average molecular weight is 387 g/mol. The van der Waals surface area contributed by atoms with Crippen LogP contribution in [0.25, 0.3) is 0 Å². The molecule has 0 radical (unpaired) electrons. The summed E-state index contributed by atoms with van der Waals surface area (Å²) in [5.74, 6) is -0.0734. The van der Waals surface area contributed by atoms with Crippen LogP contribution in [-0.2, 0) is 14.3 Å². The second-order valence-corrected chi connectivity index (χ2v) is 9.75. The van der Waals surface area contributed by atoms with Crippen molar-refractivity contribution in [2.45, 2.75) is 78.9 Å². The molecule has 3 aliphatic rings. The van der Waals surface area contributed by atoms with Gasteiger partial charge in [0.1, 0.15) is 0 Å². The lowest BCUT2D eigenvalue weighted by Gasteiger charge is -2.54. The van der Waals surface area contributed by atoms with Crippen LogP contribution in [0, 0.1) is 22.7 Å². The van der Waals surface area contributed by atoms with Crippen molar-refractivity contribution < 1.29 is 19.4 Å². The molecule has 0 aromatic carbocycles. The third-order valence-electron chi connectivity index (χ3n) is 7.64. The summed E-state index contributed by atoms with van der Waals surface area (Å²) < 4.78 is 4.72. The van der Waals surface area contributed by atoms with Crippen molar-refractivity contribution in [2.75, 3.05) is 0 Å². The summed E-state index contributed by atoms with van der Waals surface area (Å²) in [5, 5.41) is 9.89. The summed E-state index contributed by atoms with van der Waals surface area (Å²) in [7, 11) is 0. The van der Waals surface area contributed by atoms with Crippen molar-refractivity contribution in [1.82, 2.24) is 0 Å². The van der Waals surface area contributed by atoms with Crippen LogP contribution >= 0.6 is 0 Å². The van der Waals surface area contributed by atoms with Crippen LogP contribution in [0.4, 0.5) is 0 Å². The fourth-order valence-electron chi connectivity index (χ4n) is 5.53. The highest BCUT2D eigenvalue weighted by Gasteiger charge is 2.50. The van der Waals surface area contributed by atoms with Crippen molar-refractivity contribution in [3.63, 3.8) is 0 Å². The van der Waals surface area contributed by atoms with E-state index in [9.17, 15) is 14.7 Å². The molecule has 0 aromatic heterocycles. The van der Waals surface area contributed by atoms with E-state index in [1.165, 1.54) is 17.6 Å². The highest BCUT2D eigenvalue weighted by molar-refractivity contribution is 6.04. The molecule has 1 heterocycles. The first-order chi connectivity index (χ1) is 13.1. The standard InChI is InChI=1S/C24H34O4/c1-15(2)10-12-23(4)11-6-7-19-18(23)9-8-16(3)24(19,5)14-20(25)17-13-21(26)28-22(17)27/h9,13,16,19,22,27H,1,6-8,10-12,14H2,2-5H3/t16-,19-,22?,23+,24+/m1/s1. The van der Waals surface area contributed by atoms with Crippen LogP contribution in [0.15, 0.2) is 35.5 Å². The molecular weight excluding hydrogens is 352 g/mol. The molecule has 1 N–H and O–H groups in total. The maximum Gasteiger partial charge on any atom is 0.333 e. The molecule has 1 unspecified atom stereocenters. The minimum Gasteiger partial charge on any atom is -0.428 e. The van der Waals surface area contributed by atoms with Gasteiger partial charge < -0.3 is 9.84 Å². The summed E-state index contributed by atoms with van der Waals surface area (Å²) in [6, 6.07) is 0. The maximum absolute atomic E-state index is 13.0. The number of cyclic esters (lactones) is 1. The smallest absolute Gasteiger partial charge is 0.333 e. The van der Waals surface area contributed by atoms with E-state index in [0.29, 0.717) is 18.3 Å². The quantitative estimate of drug-likeness (QED) is 0.522. The zero-order chi connectivity index (χ0) is 20.7. The second-order valence-electron chi connectivity index (χ2n) is 9.75. The van der Waals surface area contributed by atoms with Crippen molar-refractivity contribution in [3.8, 4) is 0 Å². The van der Waals surface area contributed by atoms with Crippen molar-refractivity contribution in [1.29, 1.82) is 0 Å². The number of esters is 1. The Morgan fingerprint density at radius 1 is 1.39 bits per heavy atom. The van der Waals surface area contributed by atoms with Gasteiger partial charge >= 0.3 is 5.97 Å². The van der Waals surface area contributed by atoms with E-state index >= 15 is 0 Å². The molecule has 0 bridgehead atoms. The van der Waals surface area contributed by atoms with Gasteiger partial charge in [0.25, 0.3) is 0 Å². The third-order valence-corrected chi connectivity index (χ3v) is 7.64. The summed E-state index contributed by atoms with van der Waals surface area (Å²) in [6.45, 7) is 13.0. The first kappa shape index (κ1) is 21.0. The molecule has 0 spiro atoms. The Kier molecular flexibility index (Phi) is 5.73. The number of aliphatic hydroxyl groups excluding tert-OH is 1. The van der Waals surface area contributed by atoms with Crippen LogP contribution in [0.2, 0.25) is 0 Å². The highest BCUT2D eigenvalue weighted by atomic mass is 16.6. The lowest BCUT2D eigenvalue weighted by molar-refractivity contribution is -0.151. The first-order valence-electron chi connectivity index (χ1n) is 10.6. The molecule has 28 heavy (non-hydrogen) atoms. The van der Waals surface area contributed by atoms with Crippen molar-refractivity contribution in [2.24, 2.45) is 22.7 Å². The number of Topliss-reactive ketones (excluding diaryl/α,β-unsaturated/α-hetero) is 1. The lowest BCUT2D eigenvalue weighted by Crippen LogP contribution is -2.45. The number of ketones is 1. The number of carbonyl (C=O) groups is 2. The van der Waals surface area contributed by atoms with Crippen LogP contribution in [0.5, 0.6) is 0 Å². The molecular formula is C24H34O4. The Bertz CT molecular complexity index is 746. The largest absolute Gasteiger partial charge is 0.428 e. The van der Waals surface area contributed by atoms with E-state index in [1.54, 1.807) is 0 Å². The molecule has 2 aliphatic carbocycles. The molecule has 4 nitrogen and oxygen atoms in total. The Morgan fingerprint density at radius 2 is 2.11 bits per heavy atom. The normalized spacial score (nSPS) is 37.6. The number of fused-ring (bicyclic) bond motifs is 1. The van der Waals surface area contributed by atoms with Crippen LogP contribution < -0.4 is 0 Å². The molecule has 0 aromatic rings. The van der Waals surface area contributed by atoms with Gasteiger partial charge in [-0.1, -0.05) is 44.4 Å². The van der Waals surface area contributed by atoms with Crippen molar-refractivity contribution >= 4 is 11.8 Å². The summed E-state index contributed by atoms with van der Waals surface area (Å²) in [4.78, 5) is 24.4. The van der Waals surface area contributed by atoms with Gasteiger partial charge in [-0.3, -0.25) is 4.79 Å². The van der Waals surface area contributed by atoms with Crippen LogP contribution in [0.1, 0.15) is 72.6 Å². The number of ether oxygens (including phenoxy) is 1. The molecule has 1 fully saturated rings. The van der Waals surface area contributed by atoms with Crippen LogP contribution in [-0.4, -0.2) is 23.1 Å². The number of aliphatic hydroxyl groups is 1. The molecule has 0 saturated heterocycles. The van der Waals surface area contributed by atoms with E-state index in [2.05, 4.69) is 40.3 Å². The molecule has 1 saturated carbocycles. The molecule has 0 amide bonds. The fraction of sp³-hybridized carbons (Fsp3) is 0.667. The predicted molar refractivity (Wildman–Crippen MR) is 109 cm³/mol. The van der Waals surface area contributed by atoms with Gasteiger partial charge in [-0.15, -0.1) is 6.58 Å². The monoisotopic (exact) mass is 386 g/mol. The summed E-state index contributed by atoms with van der Waals surface area (Å²) in [6.07, 6.45) is 9.07. The number of carbonyl (C=O) groups excluding carboxylic acids is 2. The van der Waals surface area contributed by atoms with Gasteiger partial charge in [0, 0.05) is 12.5 Å². The molecule has 3 rings (SSSR count). The number of rotatable bonds is 6. The topological polar surface area (TPSA) is 63.6 Å². The van der Waals surface area contributed by atoms with E-state index in [-0.39, 0.29) is 22.2 Å². The lowest BCUT2D eigenvalue weighted by atomic mass is 9.50. The van der Waals surface area contributed by atoms with Gasteiger partial charge in [-0.05, 0) is 61.7 Å².